The molecular formula is C15H11N3O2. The zero-order valence-corrected chi connectivity index (χ0v) is 10.5. The zero-order chi connectivity index (χ0) is 13.7. The molecule has 0 radical (unpaired) electrons. The molecule has 1 aromatic carbocycles. The van der Waals surface area contributed by atoms with E-state index in [9.17, 15) is 4.79 Å². The molecule has 1 aliphatic rings. The van der Waals surface area contributed by atoms with Crippen LogP contribution >= 0.6 is 0 Å². The second-order valence-electron chi connectivity index (χ2n) is 4.96. The van der Waals surface area contributed by atoms with Gasteiger partial charge in [0.05, 0.1) is 5.56 Å². The summed E-state index contributed by atoms with van der Waals surface area (Å²) in [4.78, 5) is 11.1. The van der Waals surface area contributed by atoms with Crippen molar-refractivity contribution < 1.29 is 9.90 Å². The minimum Gasteiger partial charge on any atom is -0.478 e. The van der Waals surface area contributed by atoms with E-state index in [0.29, 0.717) is 5.65 Å². The molecule has 2 aromatic heterocycles. The molecule has 0 aliphatic heterocycles. The average molecular weight is 265 g/mol. The van der Waals surface area contributed by atoms with Crippen LogP contribution in [0.4, 0.5) is 0 Å². The number of hydrogen-bond acceptors (Lipinski definition) is 3. The van der Waals surface area contributed by atoms with Crippen LogP contribution in [-0.4, -0.2) is 25.7 Å². The van der Waals surface area contributed by atoms with Gasteiger partial charge in [0.25, 0.3) is 0 Å². The minimum atomic E-state index is -0.944. The largest absolute Gasteiger partial charge is 0.478 e. The number of aromatic carboxylic acids is 1. The van der Waals surface area contributed by atoms with Gasteiger partial charge >= 0.3 is 5.97 Å². The highest BCUT2D eigenvalue weighted by Crippen LogP contribution is 2.39. The van der Waals surface area contributed by atoms with E-state index in [1.54, 1.807) is 22.7 Å². The Bertz CT molecular complexity index is 838. The van der Waals surface area contributed by atoms with Crippen molar-refractivity contribution in [1.29, 1.82) is 0 Å². The van der Waals surface area contributed by atoms with Gasteiger partial charge < -0.3 is 5.11 Å². The van der Waals surface area contributed by atoms with Gasteiger partial charge in [0.2, 0.25) is 0 Å². The van der Waals surface area contributed by atoms with Crippen LogP contribution in [0.5, 0.6) is 0 Å². The first-order valence-corrected chi connectivity index (χ1v) is 6.40. The number of carboxylic acids is 1. The van der Waals surface area contributed by atoms with Crippen molar-refractivity contribution in [2.75, 3.05) is 0 Å². The third-order valence-electron chi connectivity index (χ3n) is 3.84. The lowest BCUT2D eigenvalue weighted by Gasteiger charge is -2.28. The molecule has 1 N–H and O–H groups in total. The zero-order valence-electron chi connectivity index (χ0n) is 10.5. The molecule has 4 rings (SSSR count). The van der Waals surface area contributed by atoms with Crippen molar-refractivity contribution >= 4 is 11.6 Å². The van der Waals surface area contributed by atoms with Gasteiger partial charge in [-0.25, -0.2) is 4.79 Å². The van der Waals surface area contributed by atoms with Gasteiger partial charge in [-0.2, -0.15) is 0 Å². The van der Waals surface area contributed by atoms with E-state index in [1.165, 1.54) is 11.1 Å². The van der Waals surface area contributed by atoms with Crippen LogP contribution in [0.25, 0.3) is 5.65 Å². The summed E-state index contributed by atoms with van der Waals surface area (Å²) in [5.41, 5.74) is 3.49. The molecule has 1 atom stereocenters. The summed E-state index contributed by atoms with van der Waals surface area (Å²) in [6, 6.07) is 11.5. The maximum Gasteiger partial charge on any atom is 0.337 e. The highest BCUT2D eigenvalue weighted by Gasteiger charge is 2.30. The monoisotopic (exact) mass is 265 g/mol. The van der Waals surface area contributed by atoms with Gasteiger partial charge in [0, 0.05) is 12.1 Å². The lowest BCUT2D eigenvalue weighted by Crippen LogP contribution is -2.20. The third-order valence-corrected chi connectivity index (χ3v) is 3.84. The fourth-order valence-electron chi connectivity index (χ4n) is 2.76. The molecule has 1 unspecified atom stereocenters. The molecule has 0 saturated carbocycles. The second kappa shape index (κ2) is 3.90. The molecule has 3 aromatic rings. The lowest BCUT2D eigenvalue weighted by atomic mass is 9.77. The molecule has 0 spiro atoms. The highest BCUT2D eigenvalue weighted by molar-refractivity contribution is 5.87. The van der Waals surface area contributed by atoms with Crippen molar-refractivity contribution in [2.24, 2.45) is 0 Å². The van der Waals surface area contributed by atoms with E-state index in [4.69, 9.17) is 5.11 Å². The Kier molecular flexibility index (Phi) is 2.18. The number of nitrogens with zero attached hydrogens (tertiary/aromatic N) is 3. The third kappa shape index (κ3) is 1.46. The summed E-state index contributed by atoms with van der Waals surface area (Å²) in [7, 11) is 0. The molecule has 2 heterocycles. The van der Waals surface area contributed by atoms with Crippen LogP contribution in [0, 0.1) is 0 Å². The summed E-state index contributed by atoms with van der Waals surface area (Å²) >= 11 is 0. The Balaban J connectivity index is 1.85. The average Bonchev–Trinajstić information content (AvgIpc) is 2.83. The summed E-state index contributed by atoms with van der Waals surface area (Å²) in [5, 5.41) is 17.4. The van der Waals surface area contributed by atoms with Crippen molar-refractivity contribution in [3.8, 4) is 0 Å². The molecule has 5 nitrogen and oxygen atoms in total. The van der Waals surface area contributed by atoms with Crippen LogP contribution < -0.4 is 0 Å². The van der Waals surface area contributed by atoms with E-state index in [2.05, 4.69) is 22.3 Å². The van der Waals surface area contributed by atoms with E-state index in [1.807, 2.05) is 12.1 Å². The van der Waals surface area contributed by atoms with E-state index in [-0.39, 0.29) is 11.5 Å². The van der Waals surface area contributed by atoms with E-state index < -0.39 is 5.97 Å². The number of hydrogen-bond donors (Lipinski definition) is 1. The molecule has 0 amide bonds. The number of aromatic nitrogens is 3. The van der Waals surface area contributed by atoms with Gasteiger partial charge in [-0.1, -0.05) is 24.3 Å². The summed E-state index contributed by atoms with van der Waals surface area (Å²) < 4.78 is 1.78. The van der Waals surface area contributed by atoms with Crippen LogP contribution in [-0.2, 0) is 6.42 Å². The minimum absolute atomic E-state index is 0.199. The van der Waals surface area contributed by atoms with Crippen molar-refractivity contribution in [3.05, 3.63) is 65.1 Å². The van der Waals surface area contributed by atoms with Crippen molar-refractivity contribution in [1.82, 2.24) is 14.6 Å². The first kappa shape index (κ1) is 11.2. The summed E-state index contributed by atoms with van der Waals surface area (Å²) in [6.07, 6.45) is 2.52. The number of benzene rings is 1. The first-order valence-electron chi connectivity index (χ1n) is 6.40. The number of rotatable bonds is 2. The molecule has 1 aliphatic carbocycles. The fraction of sp³-hybridized carbons (Fsp3) is 0.133. The van der Waals surface area contributed by atoms with Gasteiger partial charge in [0.15, 0.2) is 5.65 Å². The van der Waals surface area contributed by atoms with E-state index in [0.717, 1.165) is 12.2 Å². The normalized spacial score (nSPS) is 16.7. The predicted molar refractivity (Wildman–Crippen MR) is 71.9 cm³/mol. The molecular weight excluding hydrogens is 254 g/mol. The molecule has 20 heavy (non-hydrogen) atoms. The topological polar surface area (TPSA) is 67.5 Å². The smallest absolute Gasteiger partial charge is 0.337 e. The Morgan fingerprint density at radius 2 is 2.05 bits per heavy atom. The number of pyridine rings is 1. The maximum absolute atomic E-state index is 11.1. The van der Waals surface area contributed by atoms with Crippen LogP contribution in [0.3, 0.4) is 0 Å². The van der Waals surface area contributed by atoms with Gasteiger partial charge in [-0.3, -0.25) is 4.40 Å². The molecule has 0 saturated heterocycles. The lowest BCUT2D eigenvalue weighted by molar-refractivity contribution is 0.0696. The highest BCUT2D eigenvalue weighted by atomic mass is 16.4. The maximum atomic E-state index is 11.1. The molecule has 0 bridgehead atoms. The van der Waals surface area contributed by atoms with Gasteiger partial charge in [0.1, 0.15) is 5.82 Å². The SMILES string of the molecule is O=C(O)c1ccc2nnc(C3Cc4ccccc43)n2c1. The Morgan fingerprint density at radius 1 is 1.20 bits per heavy atom. The van der Waals surface area contributed by atoms with Crippen LogP contribution in [0.1, 0.15) is 33.2 Å². The van der Waals surface area contributed by atoms with Crippen LogP contribution in [0.15, 0.2) is 42.6 Å². The molecule has 5 heteroatoms. The van der Waals surface area contributed by atoms with Gasteiger partial charge in [-0.15, -0.1) is 10.2 Å². The second-order valence-corrected chi connectivity index (χ2v) is 4.96. The Hall–Kier alpha value is -2.69. The molecule has 0 fully saturated rings. The Labute approximate surface area is 114 Å². The fourth-order valence-corrected chi connectivity index (χ4v) is 2.76. The van der Waals surface area contributed by atoms with E-state index >= 15 is 0 Å². The number of fused-ring (bicyclic) bond motifs is 2. The van der Waals surface area contributed by atoms with Crippen molar-refractivity contribution in [3.63, 3.8) is 0 Å². The standard InChI is InChI=1S/C15H11N3O2/c19-15(20)10-5-6-13-16-17-14(18(13)8-10)12-7-9-3-1-2-4-11(9)12/h1-6,8,12H,7H2,(H,19,20). The van der Waals surface area contributed by atoms with Crippen molar-refractivity contribution in [2.45, 2.75) is 12.3 Å². The molecule has 98 valence electrons. The van der Waals surface area contributed by atoms with Crippen LogP contribution in [0.2, 0.25) is 0 Å². The number of carbonyl (C=O) groups is 1. The predicted octanol–water partition coefficient (Wildman–Crippen LogP) is 2.12. The number of carboxylic acid groups (broad SMARTS) is 1. The summed E-state index contributed by atoms with van der Waals surface area (Å²) in [5.74, 6) is 0.0626. The first-order chi connectivity index (χ1) is 9.74. The van der Waals surface area contributed by atoms with Gasteiger partial charge in [-0.05, 0) is 29.7 Å². The Morgan fingerprint density at radius 3 is 2.85 bits per heavy atom. The quantitative estimate of drug-likeness (QED) is 0.770. The summed E-state index contributed by atoms with van der Waals surface area (Å²) in [6.45, 7) is 0.